The van der Waals surface area contributed by atoms with Crippen LogP contribution >= 0.6 is 0 Å². The Kier molecular flexibility index (Phi) is 13.9. The summed E-state index contributed by atoms with van der Waals surface area (Å²) < 4.78 is 0. The molecule has 0 radical (unpaired) electrons. The molecule has 2 heteroatoms. The third-order valence-electron chi connectivity index (χ3n) is 17.7. The first-order valence-electron chi connectivity index (χ1n) is 30.5. The normalized spacial score (nSPS) is 11.4. The minimum absolute atomic E-state index is 1.14. The fourth-order valence-corrected chi connectivity index (χ4v) is 13.3. The van der Waals surface area contributed by atoms with Crippen LogP contribution in [0.1, 0.15) is 22.3 Å². The van der Waals surface area contributed by atoms with Crippen LogP contribution in [0.5, 0.6) is 0 Å². The summed E-state index contributed by atoms with van der Waals surface area (Å²) in [5.41, 5.74) is 19.5. The van der Waals surface area contributed by atoms with Gasteiger partial charge in [0.2, 0.25) is 0 Å². The molecule has 0 fully saturated rings. The molecule has 0 saturated carbocycles. The molecule has 0 amide bonds. The zero-order chi connectivity index (χ0) is 59.2. The Hall–Kier alpha value is -11.1. The summed E-state index contributed by atoms with van der Waals surface area (Å²) in [4.78, 5) is 4.82. The van der Waals surface area contributed by atoms with Gasteiger partial charge in [0.1, 0.15) is 0 Å². The standard InChI is InChI=1S/C46H38N2.C40H26/c1-31-13-21-35(22-14-31)47(36-23-15-32(2)16-24-36)45-29-43-40-10-6-8-12-42(40)46(30-44(43)39-9-5-7-11-41(39)45)48(37-25-17-33(3)18-26-37)38-27-19-34(4)20-28-38;1-2-12-31-26-32(25-20-27(31)10-1)40-37-17-7-5-15-35(37)39(36-16-6-8-18-38(36)40)30-23-21-29(22-24-30)34-19-9-13-28-11-3-4-14-33(28)34/h5-30H,1-4H3;1-26H. The third-order valence-corrected chi connectivity index (χ3v) is 17.7. The second-order valence-corrected chi connectivity index (χ2v) is 23.5. The van der Waals surface area contributed by atoms with Crippen molar-refractivity contribution < 1.29 is 0 Å². The molecule has 0 unspecified atom stereocenters. The monoisotopic (exact) mass is 1120 g/mol. The van der Waals surface area contributed by atoms with Gasteiger partial charge in [0.25, 0.3) is 0 Å². The molecule has 0 aliphatic rings. The lowest BCUT2D eigenvalue weighted by Crippen LogP contribution is -2.12. The van der Waals surface area contributed by atoms with E-state index in [9.17, 15) is 0 Å². The van der Waals surface area contributed by atoms with E-state index in [-0.39, 0.29) is 0 Å². The van der Waals surface area contributed by atoms with Gasteiger partial charge in [0.05, 0.1) is 11.4 Å². The van der Waals surface area contributed by atoms with Crippen molar-refractivity contribution in [1.29, 1.82) is 0 Å². The van der Waals surface area contributed by atoms with Gasteiger partial charge in [-0.1, -0.05) is 271 Å². The fourth-order valence-electron chi connectivity index (χ4n) is 13.3. The maximum absolute atomic E-state index is 2.41. The zero-order valence-corrected chi connectivity index (χ0v) is 49.9. The summed E-state index contributed by atoms with van der Waals surface area (Å²) in [6.07, 6.45) is 0. The number of fused-ring (bicyclic) bond motifs is 9. The Morgan fingerprint density at radius 3 is 0.943 bits per heavy atom. The van der Waals surface area contributed by atoms with E-state index in [1.54, 1.807) is 0 Å². The lowest BCUT2D eigenvalue weighted by molar-refractivity contribution is 1.28. The molecule has 16 rings (SSSR count). The van der Waals surface area contributed by atoms with Crippen molar-refractivity contribution in [3.8, 4) is 33.4 Å². The van der Waals surface area contributed by atoms with Gasteiger partial charge in [-0.25, -0.2) is 0 Å². The molecule has 0 aliphatic heterocycles. The van der Waals surface area contributed by atoms with Crippen LogP contribution in [-0.2, 0) is 0 Å². The largest absolute Gasteiger partial charge is 0.310 e. The highest BCUT2D eigenvalue weighted by Crippen LogP contribution is 2.49. The van der Waals surface area contributed by atoms with Crippen LogP contribution in [0.25, 0.3) is 109 Å². The summed E-state index contributed by atoms with van der Waals surface area (Å²) in [5.74, 6) is 0. The number of hydrogen-bond acceptors (Lipinski definition) is 2. The van der Waals surface area contributed by atoms with E-state index >= 15 is 0 Å². The zero-order valence-electron chi connectivity index (χ0n) is 49.9. The van der Waals surface area contributed by atoms with Crippen molar-refractivity contribution in [2.45, 2.75) is 27.7 Å². The highest BCUT2D eigenvalue weighted by molar-refractivity contribution is 6.25. The first-order valence-corrected chi connectivity index (χ1v) is 30.5. The van der Waals surface area contributed by atoms with Gasteiger partial charge in [-0.05, 0) is 192 Å². The molecule has 0 heterocycles. The van der Waals surface area contributed by atoms with Gasteiger partial charge < -0.3 is 9.80 Å². The number of aryl methyl sites for hydroxylation is 4. The maximum Gasteiger partial charge on any atom is 0.0546 e. The highest BCUT2D eigenvalue weighted by Gasteiger charge is 2.23. The predicted octanol–water partition coefficient (Wildman–Crippen LogP) is 24.6. The van der Waals surface area contributed by atoms with Crippen molar-refractivity contribution in [1.82, 2.24) is 0 Å². The molecule has 0 N–H and O–H groups in total. The molecule has 0 aliphatic carbocycles. The van der Waals surface area contributed by atoms with Gasteiger partial charge in [-0.2, -0.15) is 0 Å². The molecule has 16 aromatic rings. The van der Waals surface area contributed by atoms with Gasteiger partial charge in [0, 0.05) is 33.5 Å². The van der Waals surface area contributed by atoms with Gasteiger partial charge in [-0.15, -0.1) is 0 Å². The van der Waals surface area contributed by atoms with Crippen molar-refractivity contribution in [3.05, 3.63) is 338 Å². The van der Waals surface area contributed by atoms with E-state index in [0.29, 0.717) is 0 Å². The summed E-state index contributed by atoms with van der Waals surface area (Å²) in [5, 5.41) is 17.6. The molecule has 2 nitrogen and oxygen atoms in total. The topological polar surface area (TPSA) is 6.48 Å². The molecule has 0 bridgehead atoms. The van der Waals surface area contributed by atoms with E-state index in [1.165, 1.54) is 131 Å². The predicted molar refractivity (Wildman–Crippen MR) is 380 cm³/mol. The van der Waals surface area contributed by atoms with E-state index in [0.717, 1.165) is 34.1 Å². The molecule has 418 valence electrons. The average molecular weight is 1130 g/mol. The smallest absolute Gasteiger partial charge is 0.0546 e. The third kappa shape index (κ3) is 9.85. The molecule has 0 atom stereocenters. The van der Waals surface area contributed by atoms with E-state index in [2.05, 4.69) is 353 Å². The molecule has 88 heavy (non-hydrogen) atoms. The molecular formula is C86H64N2. The SMILES string of the molecule is Cc1ccc(N(c2ccc(C)cc2)c2cc3c4ccccc4c(N(c4ccc(C)cc4)c4ccc(C)cc4)cc3c3ccccc23)cc1.c1ccc2cc(-c3c4ccccc4c(-c4ccc(-c5cccc6ccccc56)cc4)c4ccccc34)ccc2c1. The van der Waals surface area contributed by atoms with Crippen LogP contribution < -0.4 is 9.80 Å². The Bertz CT molecular complexity index is 4950. The Morgan fingerprint density at radius 1 is 0.193 bits per heavy atom. The molecule has 0 aromatic heterocycles. The van der Waals surface area contributed by atoms with Gasteiger partial charge >= 0.3 is 0 Å². The lowest BCUT2D eigenvalue weighted by Gasteiger charge is -2.30. The Morgan fingerprint density at radius 2 is 0.511 bits per heavy atom. The summed E-state index contributed by atoms with van der Waals surface area (Å²) in [7, 11) is 0. The van der Waals surface area contributed by atoms with Crippen LogP contribution in [0.15, 0.2) is 315 Å². The van der Waals surface area contributed by atoms with Crippen molar-refractivity contribution >= 4 is 110 Å². The van der Waals surface area contributed by atoms with Crippen LogP contribution in [0.2, 0.25) is 0 Å². The van der Waals surface area contributed by atoms with E-state index < -0.39 is 0 Å². The molecule has 16 aromatic carbocycles. The number of nitrogens with zero attached hydrogens (tertiary/aromatic N) is 2. The van der Waals surface area contributed by atoms with Crippen LogP contribution in [-0.4, -0.2) is 0 Å². The summed E-state index contributed by atoms with van der Waals surface area (Å²) >= 11 is 0. The number of rotatable bonds is 9. The molecule has 0 spiro atoms. The lowest BCUT2D eigenvalue weighted by atomic mass is 9.85. The molecule has 0 saturated heterocycles. The number of anilines is 6. The van der Waals surface area contributed by atoms with Crippen LogP contribution in [0.4, 0.5) is 34.1 Å². The first kappa shape index (κ1) is 53.7. The summed E-state index contributed by atoms with van der Waals surface area (Å²) in [6.45, 7) is 8.58. The summed E-state index contributed by atoms with van der Waals surface area (Å²) in [6, 6.07) is 116. The van der Waals surface area contributed by atoms with Gasteiger partial charge in [0.15, 0.2) is 0 Å². The van der Waals surface area contributed by atoms with Crippen molar-refractivity contribution in [2.24, 2.45) is 0 Å². The van der Waals surface area contributed by atoms with E-state index in [4.69, 9.17) is 0 Å². The fraction of sp³-hybridized carbons (Fsp3) is 0.0465. The highest BCUT2D eigenvalue weighted by atomic mass is 15.2. The second kappa shape index (κ2) is 22.7. The van der Waals surface area contributed by atoms with Crippen molar-refractivity contribution in [2.75, 3.05) is 9.80 Å². The first-order chi connectivity index (χ1) is 43.3. The minimum Gasteiger partial charge on any atom is -0.310 e. The average Bonchev–Trinajstić information content (AvgIpc) is 0.851. The second-order valence-electron chi connectivity index (χ2n) is 23.5. The number of benzene rings is 16. The Labute approximate surface area is 515 Å². The quantitative estimate of drug-likeness (QED) is 0.105. The molecular weight excluding hydrogens is 1060 g/mol. The van der Waals surface area contributed by atoms with Crippen molar-refractivity contribution in [3.63, 3.8) is 0 Å². The van der Waals surface area contributed by atoms with E-state index in [1.807, 2.05) is 0 Å². The minimum atomic E-state index is 1.14. The number of hydrogen-bond donors (Lipinski definition) is 0. The maximum atomic E-state index is 2.41. The van der Waals surface area contributed by atoms with Gasteiger partial charge in [-0.3, -0.25) is 0 Å². The van der Waals surface area contributed by atoms with Crippen LogP contribution in [0.3, 0.4) is 0 Å². The van der Waals surface area contributed by atoms with Crippen LogP contribution in [0, 0.1) is 27.7 Å². The Balaban J connectivity index is 0.000000150.